The van der Waals surface area contributed by atoms with Gasteiger partial charge in [-0.05, 0) is 19.5 Å². The zero-order chi connectivity index (χ0) is 13.5. The van der Waals surface area contributed by atoms with E-state index < -0.39 is 0 Å². The maximum absolute atomic E-state index is 11.4. The maximum Gasteiger partial charge on any atom is 0.268 e. The van der Waals surface area contributed by atoms with Crippen molar-refractivity contribution in [3.63, 3.8) is 0 Å². The summed E-state index contributed by atoms with van der Waals surface area (Å²) in [6.45, 7) is 5.82. The van der Waals surface area contributed by atoms with Crippen LogP contribution in [-0.2, 0) is 6.54 Å². The molecule has 0 bridgehead atoms. The van der Waals surface area contributed by atoms with Crippen LogP contribution in [0.15, 0.2) is 10.5 Å². The van der Waals surface area contributed by atoms with E-state index in [1.165, 1.54) is 0 Å². The number of aryl methyl sites for hydroxylation is 1. The fourth-order valence-corrected chi connectivity index (χ4v) is 1.70. The molecule has 0 atom stereocenters. The summed E-state index contributed by atoms with van der Waals surface area (Å²) >= 11 is 0. The Bertz CT molecular complexity index is 447. The molecule has 0 saturated carbocycles. The minimum absolute atomic E-state index is 0.359. The SMILES string of the molecule is CCN(CCC#N)Cc1cc(C(=O)NN)c(C)o1. The van der Waals surface area contributed by atoms with Crippen molar-refractivity contribution in [1.29, 1.82) is 5.26 Å². The monoisotopic (exact) mass is 250 g/mol. The number of rotatable bonds is 6. The first kappa shape index (κ1) is 14.2. The number of nitrogen functional groups attached to an aromatic ring is 1. The fraction of sp³-hybridized carbons (Fsp3) is 0.500. The number of nitrogens with two attached hydrogens (primary N) is 1. The van der Waals surface area contributed by atoms with Gasteiger partial charge in [0.1, 0.15) is 11.5 Å². The van der Waals surface area contributed by atoms with E-state index >= 15 is 0 Å². The van der Waals surface area contributed by atoms with Crippen LogP contribution in [0.25, 0.3) is 0 Å². The highest BCUT2D eigenvalue weighted by Crippen LogP contribution is 2.16. The average molecular weight is 250 g/mol. The molecule has 0 aliphatic heterocycles. The Morgan fingerprint density at radius 2 is 2.39 bits per heavy atom. The summed E-state index contributed by atoms with van der Waals surface area (Å²) in [7, 11) is 0. The molecule has 3 N–H and O–H groups in total. The van der Waals surface area contributed by atoms with E-state index in [9.17, 15) is 4.79 Å². The van der Waals surface area contributed by atoms with Crippen molar-refractivity contribution in [3.05, 3.63) is 23.2 Å². The Hall–Kier alpha value is -1.84. The second kappa shape index (κ2) is 6.79. The molecule has 98 valence electrons. The van der Waals surface area contributed by atoms with E-state index in [2.05, 4.69) is 16.4 Å². The van der Waals surface area contributed by atoms with Crippen molar-refractivity contribution >= 4 is 5.91 Å². The number of carbonyl (C=O) groups is 1. The Balaban J connectivity index is 2.73. The van der Waals surface area contributed by atoms with Crippen LogP contribution in [0.1, 0.15) is 35.2 Å². The molecule has 0 aromatic carbocycles. The normalized spacial score (nSPS) is 10.4. The number of nitrogens with zero attached hydrogens (tertiary/aromatic N) is 2. The first-order chi connectivity index (χ1) is 8.62. The molecule has 1 rings (SSSR count). The molecule has 18 heavy (non-hydrogen) atoms. The Labute approximate surface area is 106 Å². The number of nitriles is 1. The second-order valence-corrected chi connectivity index (χ2v) is 3.93. The quantitative estimate of drug-likeness (QED) is 0.445. The molecule has 6 nitrogen and oxygen atoms in total. The van der Waals surface area contributed by atoms with Crippen molar-refractivity contribution in [2.75, 3.05) is 13.1 Å². The summed E-state index contributed by atoms with van der Waals surface area (Å²) in [6, 6.07) is 3.80. The second-order valence-electron chi connectivity index (χ2n) is 3.93. The van der Waals surface area contributed by atoms with Crippen molar-refractivity contribution in [2.24, 2.45) is 5.84 Å². The number of furan rings is 1. The predicted octanol–water partition coefficient (Wildman–Crippen LogP) is 0.927. The van der Waals surface area contributed by atoms with Gasteiger partial charge in [0.2, 0.25) is 0 Å². The van der Waals surface area contributed by atoms with Crippen LogP contribution in [0.4, 0.5) is 0 Å². The zero-order valence-electron chi connectivity index (χ0n) is 10.7. The third-order valence-corrected chi connectivity index (χ3v) is 2.71. The largest absolute Gasteiger partial charge is 0.464 e. The van der Waals surface area contributed by atoms with Crippen LogP contribution in [0, 0.1) is 18.3 Å². The van der Waals surface area contributed by atoms with Gasteiger partial charge in [-0.3, -0.25) is 15.1 Å². The summed E-state index contributed by atoms with van der Waals surface area (Å²) in [5, 5.41) is 8.56. The topological polar surface area (TPSA) is 95.3 Å². The predicted molar refractivity (Wildman–Crippen MR) is 66.3 cm³/mol. The van der Waals surface area contributed by atoms with Gasteiger partial charge in [0.05, 0.1) is 18.2 Å². The Morgan fingerprint density at radius 1 is 1.67 bits per heavy atom. The summed E-state index contributed by atoms with van der Waals surface area (Å²) < 4.78 is 5.51. The highest BCUT2D eigenvalue weighted by Gasteiger charge is 2.15. The third kappa shape index (κ3) is 3.58. The lowest BCUT2D eigenvalue weighted by atomic mass is 10.2. The molecule has 0 spiro atoms. The smallest absolute Gasteiger partial charge is 0.268 e. The first-order valence-corrected chi connectivity index (χ1v) is 5.81. The van der Waals surface area contributed by atoms with Gasteiger partial charge in [-0.15, -0.1) is 0 Å². The average Bonchev–Trinajstić information content (AvgIpc) is 2.74. The Morgan fingerprint density at radius 3 is 2.94 bits per heavy atom. The Kier molecular flexibility index (Phi) is 5.36. The van der Waals surface area contributed by atoms with Crippen LogP contribution in [0.5, 0.6) is 0 Å². The highest BCUT2D eigenvalue weighted by molar-refractivity contribution is 5.94. The lowest BCUT2D eigenvalue weighted by molar-refractivity contribution is 0.0952. The number of nitrogens with one attached hydrogen (secondary N) is 1. The maximum atomic E-state index is 11.4. The first-order valence-electron chi connectivity index (χ1n) is 5.81. The summed E-state index contributed by atoms with van der Waals surface area (Å²) in [5.41, 5.74) is 2.53. The molecule has 0 aliphatic rings. The van der Waals surface area contributed by atoms with Gasteiger partial charge in [-0.1, -0.05) is 6.92 Å². The summed E-state index contributed by atoms with van der Waals surface area (Å²) in [5.74, 6) is 5.97. The van der Waals surface area contributed by atoms with Crippen LogP contribution in [-0.4, -0.2) is 23.9 Å². The number of amides is 1. The molecule has 1 heterocycles. The van der Waals surface area contributed by atoms with Gasteiger partial charge < -0.3 is 4.42 Å². The highest BCUT2D eigenvalue weighted by atomic mass is 16.3. The van der Waals surface area contributed by atoms with E-state index in [-0.39, 0.29) is 5.91 Å². The van der Waals surface area contributed by atoms with Crippen LogP contribution >= 0.6 is 0 Å². The lowest BCUT2D eigenvalue weighted by Gasteiger charge is -2.16. The molecular formula is C12H18N4O2. The van der Waals surface area contributed by atoms with Crippen LogP contribution < -0.4 is 11.3 Å². The molecule has 0 aliphatic carbocycles. The van der Waals surface area contributed by atoms with Crippen molar-refractivity contribution in [3.8, 4) is 6.07 Å². The number of hydrogen-bond donors (Lipinski definition) is 2. The van der Waals surface area contributed by atoms with E-state index in [0.717, 1.165) is 6.54 Å². The van der Waals surface area contributed by atoms with Crippen molar-refractivity contribution in [1.82, 2.24) is 10.3 Å². The van der Waals surface area contributed by atoms with Gasteiger partial charge in [0.25, 0.3) is 5.91 Å². The summed E-state index contributed by atoms with van der Waals surface area (Å²) in [6.07, 6.45) is 0.476. The number of hydrogen-bond acceptors (Lipinski definition) is 5. The van der Waals surface area contributed by atoms with Crippen molar-refractivity contribution in [2.45, 2.75) is 26.8 Å². The van der Waals surface area contributed by atoms with Crippen LogP contribution in [0.3, 0.4) is 0 Å². The molecule has 0 unspecified atom stereocenters. The number of carbonyl (C=O) groups excluding carboxylic acids is 1. The van der Waals surface area contributed by atoms with E-state index in [1.54, 1.807) is 13.0 Å². The molecule has 1 aromatic rings. The fourth-order valence-electron chi connectivity index (χ4n) is 1.70. The third-order valence-electron chi connectivity index (χ3n) is 2.71. The molecule has 6 heteroatoms. The minimum atomic E-state index is -0.359. The lowest BCUT2D eigenvalue weighted by Crippen LogP contribution is -2.30. The van der Waals surface area contributed by atoms with E-state index in [4.69, 9.17) is 15.5 Å². The van der Waals surface area contributed by atoms with E-state index in [1.807, 2.05) is 6.92 Å². The van der Waals surface area contributed by atoms with Gasteiger partial charge in [0.15, 0.2) is 0 Å². The summed E-state index contributed by atoms with van der Waals surface area (Å²) in [4.78, 5) is 13.5. The molecule has 1 amide bonds. The number of hydrazine groups is 1. The zero-order valence-corrected chi connectivity index (χ0v) is 10.7. The minimum Gasteiger partial charge on any atom is -0.464 e. The van der Waals surface area contributed by atoms with E-state index in [0.29, 0.717) is 36.6 Å². The van der Waals surface area contributed by atoms with Gasteiger partial charge in [-0.2, -0.15) is 5.26 Å². The molecule has 0 radical (unpaired) electrons. The molecule has 0 fully saturated rings. The molecular weight excluding hydrogens is 232 g/mol. The molecule has 0 saturated heterocycles. The van der Waals surface area contributed by atoms with Gasteiger partial charge in [-0.25, -0.2) is 5.84 Å². The van der Waals surface area contributed by atoms with Crippen molar-refractivity contribution < 1.29 is 9.21 Å². The molecule has 1 aromatic heterocycles. The van der Waals surface area contributed by atoms with Gasteiger partial charge in [0, 0.05) is 13.0 Å². The van der Waals surface area contributed by atoms with Crippen LogP contribution in [0.2, 0.25) is 0 Å². The standard InChI is InChI=1S/C12H18N4O2/c1-3-16(6-4-5-13)8-10-7-11(9(2)18-10)12(17)15-14/h7H,3-4,6,8,14H2,1-2H3,(H,15,17). The van der Waals surface area contributed by atoms with Gasteiger partial charge >= 0.3 is 0 Å².